The van der Waals surface area contributed by atoms with Gasteiger partial charge in [-0.25, -0.2) is 0 Å². The molecule has 1 heteroatoms. The van der Waals surface area contributed by atoms with E-state index in [0.29, 0.717) is 5.92 Å². The van der Waals surface area contributed by atoms with Gasteiger partial charge in [0.25, 0.3) is 0 Å². The highest BCUT2D eigenvalue weighted by molar-refractivity contribution is 6.06. The summed E-state index contributed by atoms with van der Waals surface area (Å²) in [6.07, 6.45) is 4.02. The zero-order valence-electron chi connectivity index (χ0n) is 34.1. The molecule has 1 fully saturated rings. The first-order chi connectivity index (χ1) is 28.3. The van der Waals surface area contributed by atoms with Crippen molar-refractivity contribution in [3.05, 3.63) is 199 Å². The molecule has 2 aliphatic carbocycles. The van der Waals surface area contributed by atoms with Gasteiger partial charge in [0.2, 0.25) is 0 Å². The zero-order valence-corrected chi connectivity index (χ0v) is 34.1. The first-order valence-electron chi connectivity index (χ1n) is 21.3. The molecule has 58 heavy (non-hydrogen) atoms. The number of hydrogen-bond donors (Lipinski definition) is 0. The maximum Gasteiger partial charge on any atom is 0.0465 e. The fourth-order valence-electron chi connectivity index (χ4n) is 10.4. The molecule has 0 bridgehead atoms. The molecule has 0 spiro atoms. The normalized spacial score (nSPS) is 17.2. The topological polar surface area (TPSA) is 3.24 Å². The third-order valence-corrected chi connectivity index (χ3v) is 13.6. The summed E-state index contributed by atoms with van der Waals surface area (Å²) in [5.74, 6) is 2.12. The highest BCUT2D eigenvalue weighted by Crippen LogP contribution is 2.51. The Kier molecular flexibility index (Phi) is 9.13. The number of benzene rings is 8. The van der Waals surface area contributed by atoms with Crippen LogP contribution < -0.4 is 4.90 Å². The molecule has 0 heterocycles. The minimum atomic E-state index is -0.0936. The van der Waals surface area contributed by atoms with Crippen LogP contribution in [0.1, 0.15) is 69.6 Å². The molecule has 10 rings (SSSR count). The van der Waals surface area contributed by atoms with E-state index in [0.717, 1.165) is 23.2 Å². The van der Waals surface area contributed by atoms with Crippen LogP contribution in [0, 0.1) is 11.8 Å². The number of hydrogen-bond acceptors (Lipinski definition) is 1. The zero-order chi connectivity index (χ0) is 39.4. The average Bonchev–Trinajstić information content (AvgIpc) is 3.81. The molecule has 3 unspecified atom stereocenters. The monoisotopic (exact) mass is 749 g/mol. The molecule has 0 saturated heterocycles. The summed E-state index contributed by atoms with van der Waals surface area (Å²) in [5, 5.41) is 2.54. The van der Waals surface area contributed by atoms with E-state index in [1.807, 2.05) is 0 Å². The van der Waals surface area contributed by atoms with Gasteiger partial charge in [0.15, 0.2) is 0 Å². The lowest BCUT2D eigenvalue weighted by molar-refractivity contribution is 0.443. The quantitative estimate of drug-likeness (QED) is 0.150. The van der Waals surface area contributed by atoms with Crippen LogP contribution in [-0.2, 0) is 5.41 Å². The summed E-state index contributed by atoms with van der Waals surface area (Å²) < 4.78 is 0. The van der Waals surface area contributed by atoms with Crippen LogP contribution in [0.3, 0.4) is 0 Å². The average molecular weight is 750 g/mol. The Balaban J connectivity index is 1.07. The lowest BCUT2D eigenvalue weighted by Crippen LogP contribution is -2.16. The summed E-state index contributed by atoms with van der Waals surface area (Å²) in [6, 6.07) is 67.8. The van der Waals surface area contributed by atoms with Crippen molar-refractivity contribution in [3.63, 3.8) is 0 Å². The van der Waals surface area contributed by atoms with Crippen molar-refractivity contribution in [3.8, 4) is 44.5 Å². The second kappa shape index (κ2) is 14.6. The largest absolute Gasteiger partial charge is 0.310 e. The van der Waals surface area contributed by atoms with E-state index >= 15 is 0 Å². The molecule has 0 amide bonds. The van der Waals surface area contributed by atoms with Crippen molar-refractivity contribution in [1.29, 1.82) is 0 Å². The molecule has 8 aromatic carbocycles. The van der Waals surface area contributed by atoms with Gasteiger partial charge in [-0.1, -0.05) is 180 Å². The molecule has 1 nitrogen and oxygen atoms in total. The molecule has 2 aliphatic rings. The molecule has 1 saturated carbocycles. The maximum atomic E-state index is 2.45. The van der Waals surface area contributed by atoms with Gasteiger partial charge in [-0.2, -0.15) is 0 Å². The molecular weight excluding hydrogens is 699 g/mol. The lowest BCUT2D eigenvalue weighted by Gasteiger charge is -2.28. The van der Waals surface area contributed by atoms with Gasteiger partial charge >= 0.3 is 0 Å². The third kappa shape index (κ3) is 6.25. The lowest BCUT2D eigenvalue weighted by atomic mass is 9.82. The van der Waals surface area contributed by atoms with Crippen molar-refractivity contribution in [2.45, 2.75) is 58.3 Å². The number of fused-ring (bicyclic) bond motifs is 4. The van der Waals surface area contributed by atoms with Crippen LogP contribution >= 0.6 is 0 Å². The van der Waals surface area contributed by atoms with Gasteiger partial charge in [0.05, 0.1) is 0 Å². The van der Waals surface area contributed by atoms with E-state index in [9.17, 15) is 0 Å². The van der Waals surface area contributed by atoms with Crippen LogP contribution in [-0.4, -0.2) is 0 Å². The van der Waals surface area contributed by atoms with Gasteiger partial charge < -0.3 is 4.90 Å². The van der Waals surface area contributed by atoms with Gasteiger partial charge in [-0.15, -0.1) is 0 Å². The fraction of sp³-hybridized carbons (Fsp3) is 0.193. The van der Waals surface area contributed by atoms with E-state index in [2.05, 4.69) is 215 Å². The first kappa shape index (κ1) is 36.2. The summed E-state index contributed by atoms with van der Waals surface area (Å²) in [7, 11) is 0. The standard InChI is InChI=1S/C57H51N/c1-38-24-25-44(36-38)39(2)48-18-8-9-19-49(48)41-26-30-45(31-27-41)58(47-34-35-53-52-20-10-11-23-54(52)57(3,4)55(53)37-47)46-32-28-42(29-33-46)51-22-13-17-43-16-12-21-50(56(43)51)40-14-6-5-7-15-40/h5-23,26-35,37-39,44H,24-25,36H2,1-4H3. The van der Waals surface area contributed by atoms with E-state index in [1.165, 1.54) is 96.9 Å². The highest BCUT2D eigenvalue weighted by Gasteiger charge is 2.36. The van der Waals surface area contributed by atoms with E-state index in [4.69, 9.17) is 0 Å². The van der Waals surface area contributed by atoms with E-state index < -0.39 is 0 Å². The Hall–Kier alpha value is -6.18. The van der Waals surface area contributed by atoms with Gasteiger partial charge in [-0.3, -0.25) is 0 Å². The van der Waals surface area contributed by atoms with Crippen molar-refractivity contribution in [2.24, 2.45) is 11.8 Å². The molecule has 3 atom stereocenters. The predicted octanol–water partition coefficient (Wildman–Crippen LogP) is 16.2. The van der Waals surface area contributed by atoms with E-state index in [-0.39, 0.29) is 5.41 Å². The van der Waals surface area contributed by atoms with Crippen molar-refractivity contribution < 1.29 is 0 Å². The Bertz CT molecular complexity index is 2750. The minimum Gasteiger partial charge on any atom is -0.310 e. The van der Waals surface area contributed by atoms with Crippen LogP contribution in [0.5, 0.6) is 0 Å². The van der Waals surface area contributed by atoms with Crippen molar-refractivity contribution in [2.75, 3.05) is 4.90 Å². The summed E-state index contributed by atoms with van der Waals surface area (Å²) in [6.45, 7) is 9.61. The third-order valence-electron chi connectivity index (χ3n) is 13.6. The number of nitrogens with zero attached hydrogens (tertiary/aromatic N) is 1. The van der Waals surface area contributed by atoms with Gasteiger partial charge in [-0.05, 0) is 139 Å². The SMILES string of the molecule is CC1CCC(C(C)c2ccccc2-c2ccc(N(c3ccc(-c4cccc5cccc(-c6ccccc6)c45)cc3)c3ccc4c(c3)C(C)(C)c3ccccc3-4)cc2)C1. The van der Waals surface area contributed by atoms with Crippen LogP contribution in [0.25, 0.3) is 55.3 Å². The van der Waals surface area contributed by atoms with Crippen LogP contribution in [0.4, 0.5) is 17.1 Å². The minimum absolute atomic E-state index is 0.0936. The predicted molar refractivity (Wildman–Crippen MR) is 247 cm³/mol. The number of anilines is 3. The molecule has 8 aromatic rings. The van der Waals surface area contributed by atoms with Crippen LogP contribution in [0.15, 0.2) is 182 Å². The molecule has 0 aromatic heterocycles. The molecule has 0 N–H and O–H groups in total. The first-order valence-corrected chi connectivity index (χ1v) is 21.3. The fourth-order valence-corrected chi connectivity index (χ4v) is 10.4. The second-order valence-electron chi connectivity index (χ2n) is 17.5. The summed E-state index contributed by atoms with van der Waals surface area (Å²) >= 11 is 0. The number of rotatable bonds is 8. The molecule has 0 radical (unpaired) electrons. The Morgan fingerprint density at radius 3 is 1.67 bits per heavy atom. The molecule has 0 aliphatic heterocycles. The molecular formula is C57H51N. The summed E-state index contributed by atoms with van der Waals surface area (Å²) in [5.41, 5.74) is 17.9. The summed E-state index contributed by atoms with van der Waals surface area (Å²) in [4.78, 5) is 2.44. The van der Waals surface area contributed by atoms with Gasteiger partial charge in [0, 0.05) is 22.5 Å². The highest BCUT2D eigenvalue weighted by atomic mass is 15.1. The van der Waals surface area contributed by atoms with E-state index in [1.54, 1.807) is 0 Å². The molecule has 284 valence electrons. The van der Waals surface area contributed by atoms with Crippen LogP contribution in [0.2, 0.25) is 0 Å². The maximum absolute atomic E-state index is 2.45. The Morgan fingerprint density at radius 2 is 1.02 bits per heavy atom. The Labute approximate surface area is 344 Å². The Morgan fingerprint density at radius 1 is 0.483 bits per heavy atom. The second-order valence-corrected chi connectivity index (χ2v) is 17.5. The smallest absolute Gasteiger partial charge is 0.0465 e. The van der Waals surface area contributed by atoms with Gasteiger partial charge in [0.1, 0.15) is 0 Å². The van der Waals surface area contributed by atoms with Crippen molar-refractivity contribution >= 4 is 27.8 Å². The van der Waals surface area contributed by atoms with Crippen molar-refractivity contribution in [1.82, 2.24) is 0 Å².